The van der Waals surface area contributed by atoms with E-state index in [1.165, 1.54) is 24.3 Å². The second-order valence-corrected chi connectivity index (χ2v) is 3.46. The molecule has 0 amide bonds. The fourth-order valence-corrected chi connectivity index (χ4v) is 1.61. The summed E-state index contributed by atoms with van der Waals surface area (Å²) in [7, 11) is 0.904. The molecule has 94 valence electrons. The molecule has 0 fully saturated rings. The summed E-state index contributed by atoms with van der Waals surface area (Å²) >= 11 is 0. The van der Waals surface area contributed by atoms with Gasteiger partial charge in [0.2, 0.25) is 0 Å². The number of nitrogens with two attached hydrogens (primary N) is 1. The highest BCUT2D eigenvalue weighted by Gasteiger charge is 2.61. The molecule has 0 heterocycles. The lowest BCUT2D eigenvalue weighted by Crippen LogP contribution is -2.55. The molecule has 17 heavy (non-hydrogen) atoms. The summed E-state index contributed by atoms with van der Waals surface area (Å²) < 4.78 is 43.6. The summed E-state index contributed by atoms with van der Waals surface area (Å²) in [5.41, 5.74) is 2.16. The van der Waals surface area contributed by atoms with Gasteiger partial charge in [0.05, 0.1) is 7.11 Å². The van der Waals surface area contributed by atoms with E-state index in [1.807, 2.05) is 0 Å². The van der Waals surface area contributed by atoms with Crippen molar-refractivity contribution in [3.63, 3.8) is 0 Å². The molecule has 1 aromatic rings. The van der Waals surface area contributed by atoms with Gasteiger partial charge in [-0.25, -0.2) is 0 Å². The molecule has 0 aromatic heterocycles. The van der Waals surface area contributed by atoms with Crippen molar-refractivity contribution in [3.05, 3.63) is 35.9 Å². The molecule has 2 N–H and O–H groups in total. The number of alkyl halides is 3. The largest absolute Gasteiger partial charge is 0.468 e. The number of halogens is 3. The Morgan fingerprint density at radius 2 is 1.82 bits per heavy atom. The average Bonchev–Trinajstić information content (AvgIpc) is 2.30. The van der Waals surface area contributed by atoms with E-state index in [9.17, 15) is 18.0 Å². The molecule has 0 aliphatic heterocycles. The van der Waals surface area contributed by atoms with Gasteiger partial charge in [0, 0.05) is 6.54 Å². The summed E-state index contributed by atoms with van der Waals surface area (Å²) in [6.07, 6.45) is -4.81. The van der Waals surface area contributed by atoms with Gasteiger partial charge in [-0.15, -0.1) is 0 Å². The quantitative estimate of drug-likeness (QED) is 0.826. The summed E-state index contributed by atoms with van der Waals surface area (Å²) in [5, 5.41) is 0. The first kappa shape index (κ1) is 13.5. The smallest absolute Gasteiger partial charge is 0.410 e. The van der Waals surface area contributed by atoms with Crippen molar-refractivity contribution >= 4 is 5.97 Å². The molecule has 6 heteroatoms. The van der Waals surface area contributed by atoms with Crippen LogP contribution in [0.1, 0.15) is 5.56 Å². The van der Waals surface area contributed by atoms with Gasteiger partial charge in [-0.1, -0.05) is 30.3 Å². The highest BCUT2D eigenvalue weighted by molar-refractivity contribution is 5.84. The molecular formula is C11H12F3NO2. The van der Waals surface area contributed by atoms with Crippen LogP contribution in [0, 0.1) is 0 Å². The van der Waals surface area contributed by atoms with Crippen LogP contribution in [-0.2, 0) is 14.9 Å². The van der Waals surface area contributed by atoms with Gasteiger partial charge in [-0.05, 0) is 5.56 Å². The minimum absolute atomic E-state index is 0.221. The minimum atomic E-state index is -4.81. The molecule has 1 rings (SSSR count). The van der Waals surface area contributed by atoms with Crippen molar-refractivity contribution in [2.75, 3.05) is 13.7 Å². The van der Waals surface area contributed by atoms with E-state index in [0.29, 0.717) is 0 Å². The summed E-state index contributed by atoms with van der Waals surface area (Å²) in [5.74, 6) is -1.40. The third kappa shape index (κ3) is 2.12. The highest BCUT2D eigenvalue weighted by atomic mass is 19.4. The topological polar surface area (TPSA) is 52.3 Å². The van der Waals surface area contributed by atoms with Crippen LogP contribution in [0.25, 0.3) is 0 Å². The number of ether oxygens (including phenoxy) is 1. The van der Waals surface area contributed by atoms with Crippen LogP contribution < -0.4 is 5.73 Å². The molecule has 1 aromatic carbocycles. The molecule has 0 bridgehead atoms. The van der Waals surface area contributed by atoms with Crippen molar-refractivity contribution in [3.8, 4) is 0 Å². The van der Waals surface area contributed by atoms with E-state index in [2.05, 4.69) is 4.74 Å². The van der Waals surface area contributed by atoms with Gasteiger partial charge in [-0.3, -0.25) is 4.79 Å². The molecule has 0 saturated heterocycles. The van der Waals surface area contributed by atoms with Crippen LogP contribution in [0.15, 0.2) is 30.3 Å². The van der Waals surface area contributed by atoms with Crippen LogP contribution in [0.2, 0.25) is 0 Å². The van der Waals surface area contributed by atoms with Crippen molar-refractivity contribution in [2.45, 2.75) is 11.6 Å². The number of esters is 1. The summed E-state index contributed by atoms with van der Waals surface area (Å²) in [6, 6.07) is 6.79. The van der Waals surface area contributed by atoms with E-state index in [0.717, 1.165) is 7.11 Å². The van der Waals surface area contributed by atoms with Gasteiger partial charge in [0.25, 0.3) is 0 Å². The van der Waals surface area contributed by atoms with Crippen LogP contribution in [0.3, 0.4) is 0 Å². The lowest BCUT2D eigenvalue weighted by atomic mass is 9.79. The molecule has 0 aliphatic rings. The normalized spacial score (nSPS) is 15.1. The molecule has 1 atom stereocenters. The van der Waals surface area contributed by atoms with Gasteiger partial charge >= 0.3 is 12.1 Å². The minimum Gasteiger partial charge on any atom is -0.468 e. The van der Waals surface area contributed by atoms with E-state index < -0.39 is 24.1 Å². The van der Waals surface area contributed by atoms with Crippen LogP contribution in [-0.4, -0.2) is 25.8 Å². The maximum absolute atomic E-state index is 13.1. The molecular weight excluding hydrogens is 235 g/mol. The van der Waals surface area contributed by atoms with Gasteiger partial charge < -0.3 is 10.5 Å². The Bertz CT molecular complexity index is 391. The predicted molar refractivity (Wildman–Crippen MR) is 55.2 cm³/mol. The maximum Gasteiger partial charge on any atom is 0.410 e. The number of methoxy groups -OCH3 is 1. The average molecular weight is 247 g/mol. The third-order valence-electron chi connectivity index (χ3n) is 2.59. The first-order valence-corrected chi connectivity index (χ1v) is 4.81. The third-order valence-corrected chi connectivity index (χ3v) is 2.59. The summed E-state index contributed by atoms with van der Waals surface area (Å²) in [6.45, 7) is -0.896. The molecule has 0 saturated carbocycles. The number of benzene rings is 1. The van der Waals surface area contributed by atoms with Crippen LogP contribution in [0.5, 0.6) is 0 Å². The zero-order valence-electron chi connectivity index (χ0n) is 9.12. The van der Waals surface area contributed by atoms with Gasteiger partial charge in [-0.2, -0.15) is 13.2 Å². The fourth-order valence-electron chi connectivity index (χ4n) is 1.61. The number of hydrogen-bond donors (Lipinski definition) is 1. The number of hydrogen-bond acceptors (Lipinski definition) is 3. The zero-order chi connectivity index (χ0) is 13.1. The Labute approximate surface area is 96.4 Å². The Balaban J connectivity index is 3.43. The SMILES string of the molecule is COC(=O)C(CN)(c1ccccc1)C(F)(F)F. The van der Waals surface area contributed by atoms with Crippen molar-refractivity contribution < 1.29 is 22.7 Å². The Morgan fingerprint density at radius 1 is 1.29 bits per heavy atom. The Hall–Kier alpha value is -1.56. The van der Waals surface area contributed by atoms with E-state index in [4.69, 9.17) is 5.73 Å². The number of carbonyl (C=O) groups excluding carboxylic acids is 1. The molecule has 1 unspecified atom stereocenters. The first-order chi connectivity index (χ1) is 7.90. The number of carbonyl (C=O) groups is 1. The first-order valence-electron chi connectivity index (χ1n) is 4.81. The van der Waals surface area contributed by atoms with Gasteiger partial charge in [0.1, 0.15) is 0 Å². The second kappa shape index (κ2) is 4.75. The molecule has 0 aliphatic carbocycles. The van der Waals surface area contributed by atoms with Crippen LogP contribution >= 0.6 is 0 Å². The van der Waals surface area contributed by atoms with Crippen LogP contribution in [0.4, 0.5) is 13.2 Å². The lowest BCUT2D eigenvalue weighted by molar-refractivity contribution is -0.205. The number of rotatable bonds is 3. The fraction of sp³-hybridized carbons (Fsp3) is 0.364. The monoisotopic (exact) mass is 247 g/mol. The Kier molecular flexibility index (Phi) is 3.77. The van der Waals surface area contributed by atoms with E-state index in [-0.39, 0.29) is 5.56 Å². The maximum atomic E-state index is 13.1. The lowest BCUT2D eigenvalue weighted by Gasteiger charge is -2.32. The van der Waals surface area contributed by atoms with E-state index >= 15 is 0 Å². The highest BCUT2D eigenvalue weighted by Crippen LogP contribution is 2.41. The Morgan fingerprint density at radius 3 is 2.18 bits per heavy atom. The predicted octanol–water partition coefficient (Wildman–Crippen LogP) is 1.62. The molecule has 0 radical (unpaired) electrons. The van der Waals surface area contributed by atoms with Crippen molar-refractivity contribution in [2.24, 2.45) is 5.73 Å². The standard InChI is InChI=1S/C11H12F3NO2/c1-17-9(16)10(7-15,11(12,13)14)8-5-3-2-4-6-8/h2-6H,7,15H2,1H3. The zero-order valence-corrected chi connectivity index (χ0v) is 9.12. The van der Waals surface area contributed by atoms with E-state index in [1.54, 1.807) is 6.07 Å². The summed E-state index contributed by atoms with van der Waals surface area (Å²) in [4.78, 5) is 11.5. The van der Waals surface area contributed by atoms with Crippen molar-refractivity contribution in [1.82, 2.24) is 0 Å². The molecule has 0 spiro atoms. The molecule has 3 nitrogen and oxygen atoms in total. The van der Waals surface area contributed by atoms with Crippen molar-refractivity contribution in [1.29, 1.82) is 0 Å². The van der Waals surface area contributed by atoms with Gasteiger partial charge in [0.15, 0.2) is 5.41 Å². The second-order valence-electron chi connectivity index (χ2n) is 3.46.